The maximum Gasteiger partial charge on any atom is 0.251 e. The Labute approximate surface area is 191 Å². The normalized spacial score (nSPS) is 18.2. The van der Waals surface area contributed by atoms with E-state index in [1.165, 1.54) is 18.4 Å². The zero-order valence-corrected chi connectivity index (χ0v) is 19.0. The molecule has 0 radical (unpaired) electrons. The molecule has 1 spiro atoms. The summed E-state index contributed by atoms with van der Waals surface area (Å²) in [5.41, 5.74) is 3.27. The summed E-state index contributed by atoms with van der Waals surface area (Å²) in [6.45, 7) is 6.85. The minimum atomic E-state index is -0.0480. The van der Waals surface area contributed by atoms with Gasteiger partial charge in [-0.2, -0.15) is 0 Å². The van der Waals surface area contributed by atoms with Gasteiger partial charge in [-0.05, 0) is 61.3 Å². The molecule has 2 aromatic carbocycles. The Hall–Kier alpha value is -2.12. The van der Waals surface area contributed by atoms with Crippen LogP contribution in [0, 0.1) is 0 Å². The number of nitrogens with one attached hydrogen (secondary N) is 3. The van der Waals surface area contributed by atoms with Crippen LogP contribution in [0.5, 0.6) is 5.75 Å². The summed E-state index contributed by atoms with van der Waals surface area (Å²) in [5, 5.41) is 10.2. The first-order valence-electron chi connectivity index (χ1n) is 10.8. The number of piperazine rings is 1. The number of rotatable bonds is 6. The van der Waals surface area contributed by atoms with Gasteiger partial charge in [0.25, 0.3) is 5.91 Å². The van der Waals surface area contributed by atoms with Crippen molar-refractivity contribution in [3.63, 3.8) is 0 Å². The number of ether oxygens (including phenoxy) is 1. The predicted octanol–water partition coefficient (Wildman–Crippen LogP) is 2.57. The van der Waals surface area contributed by atoms with E-state index in [9.17, 15) is 4.79 Å². The molecule has 0 atom stereocenters. The van der Waals surface area contributed by atoms with Gasteiger partial charge in [0.05, 0.1) is 7.11 Å². The van der Waals surface area contributed by atoms with Crippen molar-refractivity contribution in [1.82, 2.24) is 20.9 Å². The number of piperidine rings is 1. The van der Waals surface area contributed by atoms with Gasteiger partial charge in [0.2, 0.25) is 0 Å². The number of hydrogen-bond donors (Lipinski definition) is 3. The fourth-order valence-corrected chi connectivity index (χ4v) is 4.46. The van der Waals surface area contributed by atoms with Gasteiger partial charge in [0.1, 0.15) is 5.75 Å². The molecule has 31 heavy (non-hydrogen) atoms. The summed E-state index contributed by atoms with van der Waals surface area (Å²) >= 11 is 0. The van der Waals surface area contributed by atoms with Crippen LogP contribution in [-0.2, 0) is 13.1 Å². The molecule has 2 saturated heterocycles. The number of carbonyl (C=O) groups is 1. The van der Waals surface area contributed by atoms with E-state index in [2.05, 4.69) is 33.0 Å². The lowest BCUT2D eigenvalue weighted by Gasteiger charge is -2.46. The molecule has 4 rings (SSSR count). The zero-order chi connectivity index (χ0) is 20.8. The van der Waals surface area contributed by atoms with Gasteiger partial charge < -0.3 is 20.7 Å². The van der Waals surface area contributed by atoms with E-state index in [4.69, 9.17) is 4.74 Å². The van der Waals surface area contributed by atoms with Gasteiger partial charge in [-0.15, -0.1) is 12.4 Å². The molecule has 2 aromatic rings. The summed E-state index contributed by atoms with van der Waals surface area (Å²) in [7, 11) is 1.65. The Morgan fingerprint density at radius 1 is 1.03 bits per heavy atom. The standard InChI is InChI=1S/C24H32N4O2.ClH/c1-30-22-8-4-19(5-9-22)16-26-23(29)21-6-2-20(3-7-21)17-28-15-14-27-24(18-28)10-12-25-13-11-24;/h2-9,25,27H,10-18H2,1H3,(H,26,29);1H. The Balaban J connectivity index is 0.00000272. The van der Waals surface area contributed by atoms with Crippen LogP contribution in [0.4, 0.5) is 0 Å². The van der Waals surface area contributed by atoms with Crippen LogP contribution in [-0.4, -0.2) is 56.2 Å². The second kappa shape index (κ2) is 11.0. The highest BCUT2D eigenvalue weighted by atomic mass is 35.5. The van der Waals surface area contributed by atoms with Crippen LogP contribution in [0.2, 0.25) is 0 Å². The highest BCUT2D eigenvalue weighted by molar-refractivity contribution is 5.94. The number of nitrogens with zero attached hydrogens (tertiary/aromatic N) is 1. The van der Waals surface area contributed by atoms with Gasteiger partial charge >= 0.3 is 0 Å². The predicted molar refractivity (Wildman–Crippen MR) is 126 cm³/mol. The average molecular weight is 445 g/mol. The molecule has 6 nitrogen and oxygen atoms in total. The second-order valence-corrected chi connectivity index (χ2v) is 8.40. The monoisotopic (exact) mass is 444 g/mol. The molecule has 2 fully saturated rings. The maximum atomic E-state index is 12.5. The topological polar surface area (TPSA) is 65.6 Å². The van der Waals surface area contributed by atoms with Crippen molar-refractivity contribution < 1.29 is 9.53 Å². The van der Waals surface area contributed by atoms with Crippen molar-refractivity contribution in [1.29, 1.82) is 0 Å². The van der Waals surface area contributed by atoms with E-state index in [0.29, 0.717) is 12.1 Å². The third-order valence-corrected chi connectivity index (χ3v) is 6.25. The highest BCUT2D eigenvalue weighted by Crippen LogP contribution is 2.23. The van der Waals surface area contributed by atoms with Crippen molar-refractivity contribution in [2.24, 2.45) is 0 Å². The van der Waals surface area contributed by atoms with Gasteiger partial charge in [0, 0.05) is 43.8 Å². The number of hydrogen-bond acceptors (Lipinski definition) is 5. The van der Waals surface area contributed by atoms with Crippen molar-refractivity contribution in [2.45, 2.75) is 31.5 Å². The number of methoxy groups -OCH3 is 1. The highest BCUT2D eigenvalue weighted by Gasteiger charge is 2.35. The summed E-state index contributed by atoms with van der Waals surface area (Å²) in [6.07, 6.45) is 2.38. The summed E-state index contributed by atoms with van der Waals surface area (Å²) in [4.78, 5) is 15.0. The lowest BCUT2D eigenvalue weighted by atomic mass is 9.86. The molecular weight excluding hydrogens is 412 g/mol. The molecule has 0 aromatic heterocycles. The lowest BCUT2D eigenvalue weighted by Crippen LogP contribution is -2.63. The maximum absolute atomic E-state index is 12.5. The zero-order valence-electron chi connectivity index (χ0n) is 18.2. The van der Waals surface area contributed by atoms with Crippen LogP contribution < -0.4 is 20.7 Å². The Morgan fingerprint density at radius 3 is 2.39 bits per heavy atom. The first-order chi connectivity index (χ1) is 14.7. The van der Waals surface area contributed by atoms with Crippen LogP contribution >= 0.6 is 12.4 Å². The van der Waals surface area contributed by atoms with E-state index in [0.717, 1.165) is 50.6 Å². The molecule has 2 heterocycles. The first kappa shape index (κ1) is 23.5. The summed E-state index contributed by atoms with van der Waals surface area (Å²) < 4.78 is 5.17. The fraction of sp³-hybridized carbons (Fsp3) is 0.458. The molecular formula is C24H33ClN4O2. The Kier molecular flexibility index (Phi) is 8.32. The van der Waals surface area contributed by atoms with Crippen LogP contribution in [0.1, 0.15) is 34.3 Å². The van der Waals surface area contributed by atoms with Crippen LogP contribution in [0.25, 0.3) is 0 Å². The smallest absolute Gasteiger partial charge is 0.251 e. The third kappa shape index (κ3) is 6.20. The minimum absolute atomic E-state index is 0. The molecule has 0 unspecified atom stereocenters. The average Bonchev–Trinajstić information content (AvgIpc) is 2.79. The molecule has 2 aliphatic heterocycles. The molecule has 1 amide bonds. The Bertz CT molecular complexity index is 830. The SMILES string of the molecule is COc1ccc(CNC(=O)c2ccc(CN3CCNC4(CCNCC4)C3)cc2)cc1.Cl. The molecule has 2 aliphatic rings. The molecule has 0 aliphatic carbocycles. The first-order valence-corrected chi connectivity index (χ1v) is 10.8. The van der Waals surface area contributed by atoms with E-state index < -0.39 is 0 Å². The van der Waals surface area contributed by atoms with Gasteiger partial charge in [-0.1, -0.05) is 24.3 Å². The second-order valence-electron chi connectivity index (χ2n) is 8.40. The largest absolute Gasteiger partial charge is 0.497 e. The Morgan fingerprint density at radius 2 is 1.71 bits per heavy atom. The van der Waals surface area contributed by atoms with Crippen molar-refractivity contribution in [3.05, 3.63) is 65.2 Å². The number of carbonyl (C=O) groups excluding carboxylic acids is 1. The lowest BCUT2D eigenvalue weighted by molar-refractivity contribution is 0.0951. The number of benzene rings is 2. The van der Waals surface area contributed by atoms with Crippen LogP contribution in [0.3, 0.4) is 0 Å². The molecule has 168 valence electrons. The molecule has 0 bridgehead atoms. The van der Waals surface area contributed by atoms with Gasteiger partial charge in [0.15, 0.2) is 0 Å². The quantitative estimate of drug-likeness (QED) is 0.639. The molecule has 3 N–H and O–H groups in total. The fourth-order valence-electron chi connectivity index (χ4n) is 4.46. The molecule has 7 heteroatoms. The van der Waals surface area contributed by atoms with Crippen molar-refractivity contribution >= 4 is 18.3 Å². The third-order valence-electron chi connectivity index (χ3n) is 6.25. The van der Waals surface area contributed by atoms with Crippen molar-refractivity contribution in [2.75, 3.05) is 39.8 Å². The van der Waals surface area contributed by atoms with E-state index in [1.807, 2.05) is 36.4 Å². The summed E-state index contributed by atoms with van der Waals surface area (Å²) in [6, 6.07) is 15.8. The van der Waals surface area contributed by atoms with Gasteiger partial charge in [-0.3, -0.25) is 9.69 Å². The molecule has 0 saturated carbocycles. The minimum Gasteiger partial charge on any atom is -0.497 e. The summed E-state index contributed by atoms with van der Waals surface area (Å²) in [5.74, 6) is 0.768. The van der Waals surface area contributed by atoms with Crippen LogP contribution in [0.15, 0.2) is 48.5 Å². The van der Waals surface area contributed by atoms with Gasteiger partial charge in [-0.25, -0.2) is 0 Å². The number of amides is 1. The van der Waals surface area contributed by atoms with E-state index in [-0.39, 0.29) is 23.9 Å². The van der Waals surface area contributed by atoms with Crippen molar-refractivity contribution in [3.8, 4) is 5.75 Å². The number of halogens is 1. The van der Waals surface area contributed by atoms with E-state index in [1.54, 1.807) is 7.11 Å². The van der Waals surface area contributed by atoms with E-state index >= 15 is 0 Å².